The van der Waals surface area contributed by atoms with Crippen molar-refractivity contribution in [3.8, 4) is 0 Å². The van der Waals surface area contributed by atoms with Crippen LogP contribution in [0.2, 0.25) is 0 Å². The molecule has 0 aromatic carbocycles. The van der Waals surface area contributed by atoms with Gasteiger partial charge in [0.15, 0.2) is 6.10 Å². The third-order valence-electron chi connectivity index (χ3n) is 14.5. The van der Waals surface area contributed by atoms with E-state index in [1.807, 2.05) is 21.1 Å². The van der Waals surface area contributed by atoms with Crippen molar-refractivity contribution in [3.05, 3.63) is 122 Å². The number of rotatable bonds is 62. The fraction of sp³-hybridized carbons (Fsp3) is 0.693. The van der Waals surface area contributed by atoms with Crippen molar-refractivity contribution in [2.45, 2.75) is 289 Å². The first-order valence-corrected chi connectivity index (χ1v) is 34.2. The van der Waals surface area contributed by atoms with Crippen LogP contribution >= 0.6 is 0 Å². The summed E-state index contributed by atoms with van der Waals surface area (Å²) in [7, 11) is 5.97. The Morgan fingerprint density at radius 2 is 0.679 bits per heavy atom. The molecule has 1 N–H and O–H groups in total. The summed E-state index contributed by atoms with van der Waals surface area (Å²) < 4.78 is 22.9. The van der Waals surface area contributed by atoms with Crippen LogP contribution in [0.25, 0.3) is 0 Å². The molecule has 0 aliphatic carbocycles. The number of aliphatic carboxylic acids is 1. The van der Waals surface area contributed by atoms with Crippen LogP contribution in [-0.2, 0) is 33.3 Å². The van der Waals surface area contributed by atoms with Gasteiger partial charge in [-0.1, -0.05) is 296 Å². The average Bonchev–Trinajstić information content (AvgIpc) is 3.52. The molecule has 0 aliphatic heterocycles. The van der Waals surface area contributed by atoms with Gasteiger partial charge in [0.2, 0.25) is 0 Å². The van der Waals surface area contributed by atoms with Crippen molar-refractivity contribution in [1.82, 2.24) is 0 Å². The normalized spacial score (nSPS) is 13.5. The molecule has 0 radical (unpaired) electrons. The number of carbonyl (C=O) groups excluding carboxylic acids is 2. The van der Waals surface area contributed by atoms with E-state index in [9.17, 15) is 19.5 Å². The number of allylic oxidation sites excluding steroid dienone is 20. The Bertz CT molecular complexity index is 1790. The van der Waals surface area contributed by atoms with Crippen LogP contribution in [0.15, 0.2) is 122 Å². The van der Waals surface area contributed by atoms with Gasteiger partial charge in [0.05, 0.1) is 34.4 Å². The summed E-state index contributed by atoms with van der Waals surface area (Å²) in [5.74, 6) is -2.01. The Hall–Kier alpha value is -4.31. The van der Waals surface area contributed by atoms with E-state index in [2.05, 4.69) is 135 Å². The third kappa shape index (κ3) is 65.2. The van der Waals surface area contributed by atoms with Crippen molar-refractivity contribution >= 4 is 17.9 Å². The Morgan fingerprint density at radius 3 is 1.01 bits per heavy atom. The molecule has 0 aliphatic rings. The highest BCUT2D eigenvalue weighted by Crippen LogP contribution is 2.17. The lowest BCUT2D eigenvalue weighted by Gasteiger charge is -2.25. The van der Waals surface area contributed by atoms with Gasteiger partial charge in [-0.25, -0.2) is 4.79 Å². The van der Waals surface area contributed by atoms with Crippen LogP contribution < -0.4 is 0 Å². The summed E-state index contributed by atoms with van der Waals surface area (Å²) in [5.41, 5.74) is 0. The maximum absolute atomic E-state index is 12.9. The summed E-state index contributed by atoms with van der Waals surface area (Å²) in [6.45, 7) is 4.78. The van der Waals surface area contributed by atoms with Crippen LogP contribution in [0, 0.1) is 0 Å². The Kier molecular flexibility index (Phi) is 61.4. The maximum Gasteiger partial charge on any atom is 0.361 e. The van der Waals surface area contributed by atoms with E-state index >= 15 is 0 Å². The minimum atomic E-state index is -1.52. The van der Waals surface area contributed by atoms with E-state index in [0.717, 1.165) is 109 Å². The highest BCUT2D eigenvalue weighted by Gasteiger charge is 2.25. The van der Waals surface area contributed by atoms with Crippen molar-refractivity contribution < 1.29 is 42.9 Å². The second-order valence-corrected chi connectivity index (χ2v) is 23.8. The van der Waals surface area contributed by atoms with Gasteiger partial charge in [-0.05, 0) is 89.9 Å². The van der Waals surface area contributed by atoms with Gasteiger partial charge >= 0.3 is 17.9 Å². The molecule has 0 saturated carbocycles. The standard InChI is InChI=1S/C75H127NO8/c1-6-8-10-12-14-16-18-20-22-24-26-27-28-29-30-31-32-33-34-35-36-37-38-39-40-41-42-43-44-45-46-47-48-50-52-54-56-58-60-62-64-66-73(78)84-71(70-83-75(74(79)80)81-68-67-76(3,4)5)69-82-72(77)65-63-61-59-57-55-53-51-49-25-23-21-19-17-15-13-11-9-7-2/h8,10,14,16,20,22,26-27,29-30,32-33,35-36,38-39,41-42,44-45,71,75H,6-7,9,11-13,15,17-19,21,23-25,28,31,34,37,40,43,46-70H2,1-5H3/p+1/b10-8-,16-14-,22-20-,27-26-,30-29-,33-32-,36-35-,39-38-,42-41-,45-44-. The minimum Gasteiger partial charge on any atom is -0.477 e. The fourth-order valence-corrected chi connectivity index (χ4v) is 9.28. The topological polar surface area (TPSA) is 108 Å². The zero-order valence-corrected chi connectivity index (χ0v) is 54.8. The molecule has 0 spiro atoms. The second-order valence-electron chi connectivity index (χ2n) is 23.8. The SMILES string of the molecule is CC/C=C\C/C=C\C/C=C\C/C=C\C/C=C\C/C=C\C/C=C\C/C=C\C/C=C\C/C=C\CCCCCCCCCCCCC(=O)OC(COC(=O)CCCCCCCCCCCCCCCCCCCC)COC(OCC[N+](C)(C)C)C(=O)O. The number of esters is 2. The molecule has 0 rings (SSSR count). The first-order valence-electron chi connectivity index (χ1n) is 34.2. The maximum atomic E-state index is 12.9. The molecule has 0 fully saturated rings. The molecule has 0 amide bonds. The number of ether oxygens (including phenoxy) is 4. The summed E-state index contributed by atoms with van der Waals surface area (Å²) in [6, 6.07) is 0. The number of nitrogens with zero attached hydrogens (tertiary/aromatic N) is 1. The largest absolute Gasteiger partial charge is 0.477 e. The van der Waals surface area contributed by atoms with Crippen LogP contribution in [-0.4, -0.2) is 87.4 Å². The average molecular weight is 1170 g/mol. The first-order chi connectivity index (χ1) is 41.1. The smallest absolute Gasteiger partial charge is 0.361 e. The Balaban J connectivity index is 4.13. The van der Waals surface area contributed by atoms with Gasteiger partial charge in [-0.2, -0.15) is 0 Å². The minimum absolute atomic E-state index is 0.184. The van der Waals surface area contributed by atoms with Crippen molar-refractivity contribution in [3.63, 3.8) is 0 Å². The number of carboxylic acids is 1. The summed E-state index contributed by atoms with van der Waals surface area (Å²) in [5, 5.41) is 9.73. The second kappa shape index (κ2) is 64.7. The van der Waals surface area contributed by atoms with Crippen molar-refractivity contribution in [2.24, 2.45) is 0 Å². The molecular formula is C75H128NO8+. The molecular weight excluding hydrogens is 1040 g/mol. The van der Waals surface area contributed by atoms with Crippen LogP contribution in [0.3, 0.4) is 0 Å². The fourth-order valence-electron chi connectivity index (χ4n) is 9.28. The number of likely N-dealkylation sites (N-methyl/N-ethyl adjacent to an activating group) is 1. The number of unbranched alkanes of at least 4 members (excludes halogenated alkanes) is 27. The molecule has 0 aromatic rings. The zero-order chi connectivity index (χ0) is 61.2. The number of carbonyl (C=O) groups is 3. The van der Waals surface area contributed by atoms with E-state index in [1.165, 1.54) is 135 Å². The molecule has 2 unspecified atom stereocenters. The monoisotopic (exact) mass is 1170 g/mol. The van der Waals surface area contributed by atoms with Gasteiger partial charge in [-0.15, -0.1) is 0 Å². The van der Waals surface area contributed by atoms with Crippen LogP contribution in [0.4, 0.5) is 0 Å². The summed E-state index contributed by atoms with van der Waals surface area (Å²) in [4.78, 5) is 37.5. The van der Waals surface area contributed by atoms with Crippen LogP contribution in [0.1, 0.15) is 277 Å². The Labute approximate surface area is 517 Å². The van der Waals surface area contributed by atoms with E-state index < -0.39 is 24.3 Å². The zero-order valence-electron chi connectivity index (χ0n) is 54.8. The van der Waals surface area contributed by atoms with Crippen LogP contribution in [0.5, 0.6) is 0 Å². The van der Waals surface area contributed by atoms with Gasteiger partial charge in [-0.3, -0.25) is 9.59 Å². The van der Waals surface area contributed by atoms with Gasteiger partial charge < -0.3 is 28.5 Å². The predicted molar refractivity (Wildman–Crippen MR) is 359 cm³/mol. The highest BCUT2D eigenvalue weighted by atomic mass is 16.7. The van der Waals surface area contributed by atoms with Crippen molar-refractivity contribution in [1.29, 1.82) is 0 Å². The van der Waals surface area contributed by atoms with Gasteiger partial charge in [0.25, 0.3) is 6.29 Å². The molecule has 9 nitrogen and oxygen atoms in total. The predicted octanol–water partition coefficient (Wildman–Crippen LogP) is 21.2. The van der Waals surface area contributed by atoms with E-state index in [4.69, 9.17) is 18.9 Å². The highest BCUT2D eigenvalue weighted by molar-refractivity contribution is 5.71. The first kappa shape index (κ1) is 79.7. The number of hydrogen-bond acceptors (Lipinski definition) is 7. The van der Waals surface area contributed by atoms with Gasteiger partial charge in [0.1, 0.15) is 13.2 Å². The summed E-state index contributed by atoms with van der Waals surface area (Å²) in [6.07, 6.45) is 88.7. The summed E-state index contributed by atoms with van der Waals surface area (Å²) >= 11 is 0. The molecule has 0 heterocycles. The van der Waals surface area contributed by atoms with Gasteiger partial charge in [0, 0.05) is 12.8 Å². The van der Waals surface area contributed by atoms with Crippen molar-refractivity contribution in [2.75, 3.05) is 47.5 Å². The Morgan fingerprint density at radius 1 is 0.369 bits per heavy atom. The van der Waals surface area contributed by atoms with E-state index in [-0.39, 0.29) is 32.2 Å². The molecule has 0 saturated heterocycles. The molecule has 0 aromatic heterocycles. The van der Waals surface area contributed by atoms with E-state index in [1.54, 1.807) is 0 Å². The lowest BCUT2D eigenvalue weighted by molar-refractivity contribution is -0.870. The molecule has 84 heavy (non-hydrogen) atoms. The third-order valence-corrected chi connectivity index (χ3v) is 14.5. The quantitative estimate of drug-likeness (QED) is 0.0211. The lowest BCUT2D eigenvalue weighted by atomic mass is 10.0. The lowest BCUT2D eigenvalue weighted by Crippen LogP contribution is -2.40. The number of carboxylic acid groups (broad SMARTS) is 1. The molecule has 0 bridgehead atoms. The molecule has 9 heteroatoms. The molecule has 2 atom stereocenters. The van der Waals surface area contributed by atoms with E-state index in [0.29, 0.717) is 23.9 Å². The number of hydrogen-bond donors (Lipinski definition) is 1. The molecule has 480 valence electrons. The number of quaternary nitrogens is 1.